The third-order valence-electron chi connectivity index (χ3n) is 4.46. The molecule has 2 heterocycles. The number of furan rings is 1. The van der Waals surface area contributed by atoms with Gasteiger partial charge in [0.05, 0.1) is 13.0 Å². The van der Waals surface area contributed by atoms with E-state index < -0.39 is 17.8 Å². The molecule has 2 amide bonds. The molecular weight excluding hydrogens is 386 g/mol. The van der Waals surface area contributed by atoms with E-state index in [1.807, 2.05) is 6.07 Å². The van der Waals surface area contributed by atoms with Crippen LogP contribution >= 0.6 is 11.6 Å². The number of nitrogens with one attached hydrogen (secondary N) is 1. The molecule has 1 N–H and O–H groups in total. The molecule has 8 nitrogen and oxygen atoms in total. The number of hydrogen-bond donors (Lipinski definition) is 1. The number of carbonyl (C=O) groups is 3. The minimum Gasteiger partial charge on any atom is -0.465 e. The van der Waals surface area contributed by atoms with Crippen molar-refractivity contribution in [2.24, 2.45) is 5.92 Å². The van der Waals surface area contributed by atoms with E-state index in [0.29, 0.717) is 10.7 Å². The molecule has 1 saturated heterocycles. The van der Waals surface area contributed by atoms with Crippen LogP contribution in [0.5, 0.6) is 0 Å². The SMILES string of the molecule is COC(=O)c1c(C)oc(NC(=O)C2CC(=O)N(c3ccc(Cl)cc3)C2)c1C#N. The quantitative estimate of drug-likeness (QED) is 0.788. The number of halogens is 1. The lowest BCUT2D eigenvalue weighted by Crippen LogP contribution is -2.28. The van der Waals surface area contributed by atoms with Gasteiger partial charge in [-0.15, -0.1) is 0 Å². The highest BCUT2D eigenvalue weighted by molar-refractivity contribution is 6.30. The maximum Gasteiger partial charge on any atom is 0.342 e. The van der Waals surface area contributed by atoms with E-state index in [1.54, 1.807) is 24.3 Å². The summed E-state index contributed by atoms with van der Waals surface area (Å²) in [6.45, 7) is 1.67. The van der Waals surface area contributed by atoms with Gasteiger partial charge in [0.1, 0.15) is 23.0 Å². The number of benzene rings is 1. The number of anilines is 2. The van der Waals surface area contributed by atoms with Crippen LogP contribution in [0.15, 0.2) is 28.7 Å². The number of methoxy groups -OCH3 is 1. The summed E-state index contributed by atoms with van der Waals surface area (Å²) >= 11 is 5.86. The number of nitrogens with zero attached hydrogens (tertiary/aromatic N) is 2. The molecule has 1 atom stereocenters. The second kappa shape index (κ2) is 7.74. The molecule has 0 radical (unpaired) electrons. The summed E-state index contributed by atoms with van der Waals surface area (Å²) in [5.74, 6) is -2.03. The average Bonchev–Trinajstić information content (AvgIpc) is 3.21. The highest BCUT2D eigenvalue weighted by atomic mass is 35.5. The van der Waals surface area contributed by atoms with Gasteiger partial charge < -0.3 is 14.1 Å². The molecule has 3 rings (SSSR count). The van der Waals surface area contributed by atoms with E-state index in [-0.39, 0.29) is 41.6 Å². The zero-order valence-electron chi connectivity index (χ0n) is 15.1. The number of ether oxygens (including phenoxy) is 1. The Morgan fingerprint density at radius 1 is 1.36 bits per heavy atom. The van der Waals surface area contributed by atoms with E-state index in [2.05, 4.69) is 10.1 Å². The van der Waals surface area contributed by atoms with Gasteiger partial charge in [-0.3, -0.25) is 14.9 Å². The number of aryl methyl sites for hydroxylation is 1. The Bertz CT molecular complexity index is 990. The van der Waals surface area contributed by atoms with Crippen LogP contribution in [0.3, 0.4) is 0 Å². The Balaban J connectivity index is 1.77. The lowest BCUT2D eigenvalue weighted by molar-refractivity contribution is -0.122. The largest absolute Gasteiger partial charge is 0.465 e. The van der Waals surface area contributed by atoms with Crippen molar-refractivity contribution in [2.75, 3.05) is 23.9 Å². The smallest absolute Gasteiger partial charge is 0.342 e. The summed E-state index contributed by atoms with van der Waals surface area (Å²) in [7, 11) is 1.18. The molecule has 0 saturated carbocycles. The summed E-state index contributed by atoms with van der Waals surface area (Å²) in [5.41, 5.74) is 0.492. The van der Waals surface area contributed by atoms with E-state index in [4.69, 9.17) is 16.0 Å². The van der Waals surface area contributed by atoms with Crippen molar-refractivity contribution < 1.29 is 23.5 Å². The highest BCUT2D eigenvalue weighted by Crippen LogP contribution is 2.30. The molecule has 0 spiro atoms. The number of carbonyl (C=O) groups excluding carboxylic acids is 3. The van der Waals surface area contributed by atoms with Crippen molar-refractivity contribution in [1.82, 2.24) is 0 Å². The first-order valence-corrected chi connectivity index (χ1v) is 8.72. The van der Waals surface area contributed by atoms with Gasteiger partial charge in [-0.25, -0.2) is 4.79 Å². The van der Waals surface area contributed by atoms with Crippen molar-refractivity contribution in [2.45, 2.75) is 13.3 Å². The Morgan fingerprint density at radius 3 is 2.64 bits per heavy atom. The number of esters is 1. The molecule has 1 aromatic carbocycles. The molecular formula is C19H16ClN3O5. The fraction of sp³-hybridized carbons (Fsp3) is 0.263. The molecule has 1 unspecified atom stereocenters. The summed E-state index contributed by atoms with van der Waals surface area (Å²) in [6, 6.07) is 8.57. The first kappa shape index (κ1) is 19.5. The zero-order chi connectivity index (χ0) is 20.4. The van der Waals surface area contributed by atoms with Gasteiger partial charge >= 0.3 is 5.97 Å². The van der Waals surface area contributed by atoms with Gasteiger partial charge in [0.2, 0.25) is 17.7 Å². The van der Waals surface area contributed by atoms with E-state index in [9.17, 15) is 19.6 Å². The standard InChI is InChI=1S/C19H16ClN3O5/c1-10-16(19(26)27-2)14(8-21)18(28-10)22-17(25)11-7-15(24)23(9-11)13-5-3-12(20)4-6-13/h3-6,11H,7,9H2,1-2H3,(H,22,25). The summed E-state index contributed by atoms with van der Waals surface area (Å²) < 4.78 is 10.0. The first-order valence-electron chi connectivity index (χ1n) is 8.34. The molecule has 2 aromatic rings. The number of rotatable bonds is 4. The normalized spacial score (nSPS) is 16.0. The van der Waals surface area contributed by atoms with Gasteiger partial charge in [-0.05, 0) is 31.2 Å². The first-order chi connectivity index (χ1) is 13.3. The van der Waals surface area contributed by atoms with Crippen molar-refractivity contribution in [1.29, 1.82) is 5.26 Å². The summed E-state index contributed by atoms with van der Waals surface area (Å²) in [6.07, 6.45) is 0.0138. The van der Waals surface area contributed by atoms with E-state index in [0.717, 1.165) is 0 Å². The Labute approximate surface area is 165 Å². The Morgan fingerprint density at radius 2 is 2.04 bits per heavy atom. The van der Waals surface area contributed by atoms with Crippen LogP contribution in [-0.2, 0) is 14.3 Å². The second-order valence-corrected chi connectivity index (χ2v) is 6.65. The van der Waals surface area contributed by atoms with Crippen LogP contribution in [0.25, 0.3) is 0 Å². The van der Waals surface area contributed by atoms with Crippen LogP contribution in [-0.4, -0.2) is 31.4 Å². The molecule has 144 valence electrons. The minimum absolute atomic E-state index is 0.0138. The number of hydrogen-bond acceptors (Lipinski definition) is 6. The van der Waals surface area contributed by atoms with Crippen molar-refractivity contribution >= 4 is 41.0 Å². The highest BCUT2D eigenvalue weighted by Gasteiger charge is 2.36. The molecule has 1 aliphatic heterocycles. The minimum atomic E-state index is -0.733. The third-order valence-corrected chi connectivity index (χ3v) is 4.71. The molecule has 0 aliphatic carbocycles. The van der Waals surface area contributed by atoms with Gasteiger partial charge in [0.25, 0.3) is 0 Å². The lowest BCUT2D eigenvalue weighted by atomic mass is 10.1. The maximum atomic E-state index is 12.6. The van der Waals surface area contributed by atoms with Gasteiger partial charge in [0.15, 0.2) is 0 Å². The summed E-state index contributed by atoms with van der Waals surface area (Å²) in [5, 5.41) is 12.4. The molecule has 1 aliphatic rings. The zero-order valence-corrected chi connectivity index (χ0v) is 15.9. The predicted octanol–water partition coefficient (Wildman–Crippen LogP) is 2.89. The van der Waals surface area contributed by atoms with Crippen LogP contribution in [0, 0.1) is 24.2 Å². The van der Waals surface area contributed by atoms with Crippen LogP contribution < -0.4 is 10.2 Å². The topological polar surface area (TPSA) is 113 Å². The van der Waals surface area contributed by atoms with Crippen LogP contribution in [0.2, 0.25) is 5.02 Å². The fourth-order valence-electron chi connectivity index (χ4n) is 3.05. The maximum absolute atomic E-state index is 12.6. The monoisotopic (exact) mass is 401 g/mol. The van der Waals surface area contributed by atoms with Crippen molar-refractivity contribution in [3.8, 4) is 6.07 Å². The molecule has 28 heavy (non-hydrogen) atoms. The van der Waals surface area contributed by atoms with Crippen LogP contribution in [0.4, 0.5) is 11.6 Å². The summed E-state index contributed by atoms with van der Waals surface area (Å²) in [4.78, 5) is 38.3. The van der Waals surface area contributed by atoms with E-state index in [1.165, 1.54) is 18.9 Å². The molecule has 9 heteroatoms. The predicted molar refractivity (Wildman–Crippen MR) is 100 cm³/mol. The molecule has 1 fully saturated rings. The fourth-order valence-corrected chi connectivity index (χ4v) is 3.18. The van der Waals surface area contributed by atoms with Crippen molar-refractivity contribution in [3.63, 3.8) is 0 Å². The van der Waals surface area contributed by atoms with Gasteiger partial charge in [-0.1, -0.05) is 11.6 Å². The Hall–Kier alpha value is -3.31. The molecule has 0 bridgehead atoms. The van der Waals surface area contributed by atoms with Gasteiger partial charge in [0, 0.05) is 23.7 Å². The lowest BCUT2D eigenvalue weighted by Gasteiger charge is -2.16. The molecule has 1 aromatic heterocycles. The van der Waals surface area contributed by atoms with E-state index >= 15 is 0 Å². The van der Waals surface area contributed by atoms with Gasteiger partial charge in [-0.2, -0.15) is 5.26 Å². The van der Waals surface area contributed by atoms with Crippen LogP contribution in [0.1, 0.15) is 28.1 Å². The third kappa shape index (κ3) is 3.57. The number of nitriles is 1. The Kier molecular flexibility index (Phi) is 5.38. The second-order valence-electron chi connectivity index (χ2n) is 6.21. The van der Waals surface area contributed by atoms with Crippen molar-refractivity contribution in [3.05, 3.63) is 46.2 Å². The average molecular weight is 402 g/mol. The number of amides is 2.